The van der Waals surface area contributed by atoms with Crippen LogP contribution in [-0.2, 0) is 9.53 Å². The van der Waals surface area contributed by atoms with Crippen LogP contribution >= 0.6 is 0 Å². The molecule has 1 amide bonds. The van der Waals surface area contributed by atoms with Crippen LogP contribution in [0, 0.1) is 5.92 Å². The van der Waals surface area contributed by atoms with Crippen LogP contribution in [0.1, 0.15) is 62.7 Å². The van der Waals surface area contributed by atoms with E-state index in [-0.39, 0.29) is 11.7 Å². The van der Waals surface area contributed by atoms with Crippen molar-refractivity contribution >= 4 is 11.7 Å². The predicted molar refractivity (Wildman–Crippen MR) is 108 cm³/mol. The van der Waals surface area contributed by atoms with E-state index < -0.39 is 0 Å². The topological polar surface area (TPSA) is 73.9 Å². The first-order chi connectivity index (χ1) is 13.5. The maximum absolute atomic E-state index is 11.9. The molecule has 6 heteroatoms. The fraction of sp³-hybridized carbons (Fsp3) is 0.636. The van der Waals surface area contributed by atoms with Crippen LogP contribution in [0.5, 0.6) is 11.5 Å². The van der Waals surface area contributed by atoms with Crippen LogP contribution in [0.2, 0.25) is 0 Å². The highest BCUT2D eigenvalue weighted by atomic mass is 16.5. The SMILES string of the molecule is COc1cc(C(C)=O)ccc1OCCCC(=O)NCCOC1CCCCC1C. The molecule has 0 spiro atoms. The standard InChI is InChI=1S/C22H33NO5/c1-16-7-4-5-8-19(16)28-14-12-23-22(25)9-6-13-27-20-11-10-18(17(2)24)15-21(20)26-3/h10-11,15-16,19H,4-9,12-14H2,1-3H3,(H,23,25). The van der Waals surface area contributed by atoms with Gasteiger partial charge in [0.1, 0.15) is 0 Å². The Morgan fingerprint density at radius 2 is 1.93 bits per heavy atom. The summed E-state index contributed by atoms with van der Waals surface area (Å²) < 4.78 is 16.9. The minimum absolute atomic E-state index is 0.00258. The van der Waals surface area contributed by atoms with Gasteiger partial charge in [0.25, 0.3) is 0 Å². The molecule has 2 unspecified atom stereocenters. The molecule has 156 valence electrons. The monoisotopic (exact) mass is 391 g/mol. The summed E-state index contributed by atoms with van der Waals surface area (Å²) >= 11 is 0. The van der Waals surface area contributed by atoms with Crippen LogP contribution in [0.25, 0.3) is 0 Å². The minimum atomic E-state index is -0.0246. The first-order valence-electron chi connectivity index (χ1n) is 10.2. The third-order valence-corrected chi connectivity index (χ3v) is 5.16. The van der Waals surface area contributed by atoms with Gasteiger partial charge in [0.2, 0.25) is 5.91 Å². The second-order valence-electron chi connectivity index (χ2n) is 7.39. The molecule has 1 aliphatic rings. The number of ether oxygens (including phenoxy) is 3. The van der Waals surface area contributed by atoms with Gasteiger partial charge >= 0.3 is 0 Å². The van der Waals surface area contributed by atoms with E-state index in [9.17, 15) is 9.59 Å². The van der Waals surface area contributed by atoms with Crippen LogP contribution in [0.3, 0.4) is 0 Å². The zero-order chi connectivity index (χ0) is 20.4. The quantitative estimate of drug-likeness (QED) is 0.459. The summed E-state index contributed by atoms with van der Waals surface area (Å²) in [4.78, 5) is 23.4. The van der Waals surface area contributed by atoms with E-state index in [2.05, 4.69) is 12.2 Å². The van der Waals surface area contributed by atoms with E-state index in [0.717, 1.165) is 6.42 Å². The molecule has 2 atom stereocenters. The molecule has 1 aliphatic carbocycles. The van der Waals surface area contributed by atoms with Gasteiger partial charge in [-0.15, -0.1) is 0 Å². The average Bonchev–Trinajstić information content (AvgIpc) is 2.69. The first-order valence-corrected chi connectivity index (χ1v) is 10.2. The Bertz CT molecular complexity index is 646. The molecule has 0 bridgehead atoms. The van der Waals surface area contributed by atoms with Gasteiger partial charge in [0.05, 0.1) is 26.4 Å². The summed E-state index contributed by atoms with van der Waals surface area (Å²) in [5.74, 6) is 1.68. The summed E-state index contributed by atoms with van der Waals surface area (Å²) in [5.41, 5.74) is 0.577. The number of ketones is 1. The molecule has 1 saturated carbocycles. The molecule has 2 rings (SSSR count). The zero-order valence-electron chi connectivity index (χ0n) is 17.3. The number of nitrogens with one attached hydrogen (secondary N) is 1. The fourth-order valence-electron chi connectivity index (χ4n) is 3.44. The molecule has 0 heterocycles. The van der Waals surface area contributed by atoms with E-state index in [4.69, 9.17) is 14.2 Å². The van der Waals surface area contributed by atoms with Gasteiger partial charge < -0.3 is 19.5 Å². The Kier molecular flexibility index (Phi) is 9.28. The van der Waals surface area contributed by atoms with Crippen molar-refractivity contribution in [2.75, 3.05) is 26.9 Å². The predicted octanol–water partition coefficient (Wildman–Crippen LogP) is 3.77. The van der Waals surface area contributed by atoms with Gasteiger partial charge in [-0.25, -0.2) is 0 Å². The lowest BCUT2D eigenvalue weighted by Crippen LogP contribution is -2.31. The highest BCUT2D eigenvalue weighted by Gasteiger charge is 2.21. The maximum atomic E-state index is 11.9. The number of carbonyl (C=O) groups excluding carboxylic acids is 2. The fourth-order valence-corrected chi connectivity index (χ4v) is 3.44. The lowest BCUT2D eigenvalue weighted by atomic mass is 9.88. The van der Waals surface area contributed by atoms with E-state index >= 15 is 0 Å². The Labute approximate surface area is 167 Å². The third kappa shape index (κ3) is 7.15. The van der Waals surface area contributed by atoms with E-state index in [1.807, 2.05) is 0 Å². The first kappa shape index (κ1) is 22.2. The van der Waals surface area contributed by atoms with E-state index in [0.29, 0.717) is 61.7 Å². The van der Waals surface area contributed by atoms with Crippen molar-refractivity contribution in [3.05, 3.63) is 23.8 Å². The Morgan fingerprint density at radius 3 is 2.64 bits per heavy atom. The maximum Gasteiger partial charge on any atom is 0.220 e. The molecule has 0 saturated heterocycles. The van der Waals surface area contributed by atoms with Crippen molar-refractivity contribution in [3.63, 3.8) is 0 Å². The Hall–Kier alpha value is -2.08. The van der Waals surface area contributed by atoms with Gasteiger partial charge in [-0.2, -0.15) is 0 Å². The molecule has 28 heavy (non-hydrogen) atoms. The number of amides is 1. The van der Waals surface area contributed by atoms with Crippen LogP contribution < -0.4 is 14.8 Å². The summed E-state index contributed by atoms with van der Waals surface area (Å²) in [7, 11) is 1.54. The summed E-state index contributed by atoms with van der Waals surface area (Å²) in [5, 5.41) is 2.90. The lowest BCUT2D eigenvalue weighted by molar-refractivity contribution is -0.121. The second kappa shape index (κ2) is 11.7. The lowest BCUT2D eigenvalue weighted by Gasteiger charge is -2.28. The highest BCUT2D eigenvalue weighted by molar-refractivity contribution is 5.94. The van der Waals surface area contributed by atoms with Gasteiger partial charge in [-0.3, -0.25) is 9.59 Å². The van der Waals surface area contributed by atoms with E-state index in [1.54, 1.807) is 18.2 Å². The smallest absolute Gasteiger partial charge is 0.220 e. The normalized spacial score (nSPS) is 19.1. The number of Topliss-reactive ketones (excluding diaryl/α,β-unsaturated/α-hetero) is 1. The number of carbonyl (C=O) groups is 2. The number of methoxy groups -OCH3 is 1. The molecule has 1 fully saturated rings. The number of rotatable bonds is 11. The summed E-state index contributed by atoms with van der Waals surface area (Å²) in [6.07, 6.45) is 6.24. The van der Waals surface area contributed by atoms with Crippen molar-refractivity contribution in [3.8, 4) is 11.5 Å². The van der Waals surface area contributed by atoms with E-state index in [1.165, 1.54) is 33.3 Å². The molecule has 1 aromatic rings. The Balaban J connectivity index is 1.60. The highest BCUT2D eigenvalue weighted by Crippen LogP contribution is 2.28. The molecular formula is C22H33NO5. The van der Waals surface area contributed by atoms with Crippen molar-refractivity contribution < 1.29 is 23.8 Å². The van der Waals surface area contributed by atoms with Crippen LogP contribution in [0.15, 0.2) is 18.2 Å². The molecule has 0 radical (unpaired) electrons. The van der Waals surface area contributed by atoms with Crippen LogP contribution in [0.4, 0.5) is 0 Å². The average molecular weight is 392 g/mol. The molecule has 6 nitrogen and oxygen atoms in total. The van der Waals surface area contributed by atoms with Crippen molar-refractivity contribution in [2.24, 2.45) is 5.92 Å². The molecular weight excluding hydrogens is 358 g/mol. The van der Waals surface area contributed by atoms with Gasteiger partial charge in [-0.1, -0.05) is 19.8 Å². The largest absolute Gasteiger partial charge is 0.493 e. The van der Waals surface area contributed by atoms with Crippen LogP contribution in [-0.4, -0.2) is 44.7 Å². The number of hydrogen-bond donors (Lipinski definition) is 1. The Morgan fingerprint density at radius 1 is 1.14 bits per heavy atom. The number of benzene rings is 1. The molecule has 1 aromatic carbocycles. The minimum Gasteiger partial charge on any atom is -0.493 e. The van der Waals surface area contributed by atoms with Gasteiger partial charge in [0, 0.05) is 18.5 Å². The second-order valence-corrected chi connectivity index (χ2v) is 7.39. The summed E-state index contributed by atoms with van der Waals surface area (Å²) in [6, 6.07) is 5.09. The molecule has 0 aliphatic heterocycles. The van der Waals surface area contributed by atoms with Gasteiger partial charge in [0.15, 0.2) is 17.3 Å². The molecule has 1 N–H and O–H groups in total. The van der Waals surface area contributed by atoms with Crippen molar-refractivity contribution in [1.29, 1.82) is 0 Å². The van der Waals surface area contributed by atoms with Crippen molar-refractivity contribution in [1.82, 2.24) is 5.32 Å². The number of hydrogen-bond acceptors (Lipinski definition) is 5. The third-order valence-electron chi connectivity index (χ3n) is 5.16. The molecule has 0 aromatic heterocycles. The zero-order valence-corrected chi connectivity index (χ0v) is 17.3. The summed E-state index contributed by atoms with van der Waals surface area (Å²) in [6.45, 7) is 5.26. The van der Waals surface area contributed by atoms with Crippen molar-refractivity contribution in [2.45, 2.75) is 58.5 Å². The van der Waals surface area contributed by atoms with Gasteiger partial charge in [-0.05, 0) is 50.3 Å².